The van der Waals surface area contributed by atoms with E-state index in [0.717, 1.165) is 0 Å². The molecule has 0 aliphatic carbocycles. The molecule has 0 fully saturated rings. The van der Waals surface area contributed by atoms with Crippen molar-refractivity contribution in [2.24, 2.45) is 0 Å². The summed E-state index contributed by atoms with van der Waals surface area (Å²) in [5.41, 5.74) is -0.381. The first kappa shape index (κ1) is 21.1. The maximum absolute atomic E-state index is 12.2. The van der Waals surface area contributed by atoms with Crippen molar-refractivity contribution < 1.29 is 27.9 Å². The van der Waals surface area contributed by atoms with Gasteiger partial charge in [0.15, 0.2) is 9.84 Å². The molecule has 1 atom stereocenters. The van der Waals surface area contributed by atoms with Gasteiger partial charge >= 0.3 is 5.97 Å². The zero-order valence-corrected chi connectivity index (χ0v) is 15.7. The van der Waals surface area contributed by atoms with Crippen LogP contribution in [0.4, 0.5) is 0 Å². The highest BCUT2D eigenvalue weighted by molar-refractivity contribution is 7.92. The van der Waals surface area contributed by atoms with E-state index < -0.39 is 26.6 Å². The predicted molar refractivity (Wildman–Crippen MR) is 93.1 cm³/mol. The van der Waals surface area contributed by atoms with Crippen molar-refractivity contribution in [3.05, 3.63) is 29.8 Å². The van der Waals surface area contributed by atoms with Gasteiger partial charge in [-0.15, -0.1) is 0 Å². The second-order valence-electron chi connectivity index (χ2n) is 6.53. The number of carbonyl (C=O) groups is 2. The number of rotatable bonds is 9. The fraction of sp³-hybridized carbons (Fsp3) is 0.529. The van der Waals surface area contributed by atoms with E-state index in [1.54, 1.807) is 32.9 Å². The van der Waals surface area contributed by atoms with Crippen LogP contribution in [0.5, 0.6) is 0 Å². The molecule has 1 unspecified atom stereocenters. The summed E-state index contributed by atoms with van der Waals surface area (Å²) in [6, 6.07) is 6.12. The monoisotopic (exact) mass is 371 g/mol. The summed E-state index contributed by atoms with van der Waals surface area (Å²) < 4.78 is 29.1. The number of aliphatic carboxylic acids is 1. The van der Waals surface area contributed by atoms with E-state index in [1.165, 1.54) is 19.2 Å². The molecular formula is C17H25NO6S. The second kappa shape index (κ2) is 8.44. The molecule has 0 spiro atoms. The number of nitrogens with one attached hydrogen (secondary N) is 1. The molecule has 8 heteroatoms. The van der Waals surface area contributed by atoms with E-state index >= 15 is 0 Å². The minimum Gasteiger partial charge on any atom is -0.481 e. The summed E-state index contributed by atoms with van der Waals surface area (Å²) in [7, 11) is -1.92. The molecule has 2 N–H and O–H groups in total. The standard InChI is InChI=1S/C17H25NO6S/c1-12(2)25(22,23)14-7-5-13(6-8-14)9-15(19)18-17(3,11-24-4)10-16(20)21/h5-8,12H,9-11H2,1-4H3,(H,18,19)(H,20,21). The summed E-state index contributed by atoms with van der Waals surface area (Å²) in [5.74, 6) is -1.40. The van der Waals surface area contributed by atoms with Crippen molar-refractivity contribution in [2.75, 3.05) is 13.7 Å². The van der Waals surface area contributed by atoms with Crippen LogP contribution >= 0.6 is 0 Å². The summed E-state index contributed by atoms with van der Waals surface area (Å²) in [4.78, 5) is 23.4. The number of carbonyl (C=O) groups excluding carboxylic acids is 1. The van der Waals surface area contributed by atoms with Crippen molar-refractivity contribution in [1.82, 2.24) is 5.32 Å². The average molecular weight is 371 g/mol. The highest BCUT2D eigenvalue weighted by Crippen LogP contribution is 2.17. The highest BCUT2D eigenvalue weighted by atomic mass is 32.2. The minimum atomic E-state index is -3.35. The quantitative estimate of drug-likeness (QED) is 0.679. The Balaban J connectivity index is 2.82. The molecule has 0 saturated heterocycles. The highest BCUT2D eigenvalue weighted by Gasteiger charge is 2.29. The van der Waals surface area contributed by atoms with Gasteiger partial charge in [0.2, 0.25) is 5.91 Å². The minimum absolute atomic E-state index is 0.0148. The van der Waals surface area contributed by atoms with Crippen LogP contribution in [-0.2, 0) is 30.6 Å². The lowest BCUT2D eigenvalue weighted by atomic mass is 9.98. The van der Waals surface area contributed by atoms with Crippen molar-refractivity contribution >= 4 is 21.7 Å². The zero-order chi connectivity index (χ0) is 19.3. The van der Waals surface area contributed by atoms with Crippen LogP contribution in [0.2, 0.25) is 0 Å². The number of methoxy groups -OCH3 is 1. The van der Waals surface area contributed by atoms with Gasteiger partial charge in [0.05, 0.1) is 35.1 Å². The van der Waals surface area contributed by atoms with Crippen molar-refractivity contribution in [3.8, 4) is 0 Å². The molecule has 0 radical (unpaired) electrons. The van der Waals surface area contributed by atoms with Gasteiger partial charge in [-0.25, -0.2) is 8.42 Å². The number of amides is 1. The fourth-order valence-corrected chi connectivity index (χ4v) is 3.48. The Kier molecular flexibility index (Phi) is 7.13. The molecular weight excluding hydrogens is 346 g/mol. The SMILES string of the molecule is COCC(C)(CC(=O)O)NC(=O)Cc1ccc(S(=O)(=O)C(C)C)cc1. The zero-order valence-electron chi connectivity index (χ0n) is 14.9. The Morgan fingerprint density at radius 1 is 1.24 bits per heavy atom. The molecule has 25 heavy (non-hydrogen) atoms. The molecule has 1 amide bonds. The Hall–Kier alpha value is -1.93. The van der Waals surface area contributed by atoms with E-state index in [-0.39, 0.29) is 30.3 Å². The Morgan fingerprint density at radius 2 is 1.80 bits per heavy atom. The number of ether oxygens (including phenoxy) is 1. The molecule has 0 aliphatic rings. The molecule has 0 saturated carbocycles. The molecule has 0 bridgehead atoms. The van der Waals surface area contributed by atoms with Crippen molar-refractivity contribution in [1.29, 1.82) is 0 Å². The maximum atomic E-state index is 12.2. The molecule has 1 rings (SSSR count). The maximum Gasteiger partial charge on any atom is 0.305 e. The first-order valence-corrected chi connectivity index (χ1v) is 9.39. The van der Waals surface area contributed by atoms with Crippen molar-refractivity contribution in [2.45, 2.75) is 49.3 Å². The van der Waals surface area contributed by atoms with Gasteiger partial charge in [-0.05, 0) is 38.5 Å². The number of carboxylic acids is 1. The summed E-state index contributed by atoms with van der Waals surface area (Å²) in [6.07, 6.45) is -0.251. The van der Waals surface area contributed by atoms with E-state index in [9.17, 15) is 18.0 Å². The number of carboxylic acid groups (broad SMARTS) is 1. The normalized spacial score (nSPS) is 14.1. The van der Waals surface area contributed by atoms with Crippen LogP contribution < -0.4 is 5.32 Å². The van der Waals surface area contributed by atoms with Crippen LogP contribution in [0, 0.1) is 0 Å². The number of hydrogen-bond donors (Lipinski definition) is 2. The van der Waals surface area contributed by atoms with Gasteiger partial charge in [0, 0.05) is 7.11 Å². The molecule has 0 aromatic heterocycles. The third-order valence-electron chi connectivity index (χ3n) is 3.68. The van der Waals surface area contributed by atoms with Gasteiger partial charge in [-0.3, -0.25) is 9.59 Å². The third-order valence-corrected chi connectivity index (χ3v) is 5.85. The molecule has 140 valence electrons. The lowest BCUT2D eigenvalue weighted by molar-refractivity contribution is -0.139. The number of sulfone groups is 1. The first-order valence-electron chi connectivity index (χ1n) is 7.85. The van der Waals surface area contributed by atoms with Crippen LogP contribution in [0.3, 0.4) is 0 Å². The first-order chi connectivity index (χ1) is 11.5. The molecule has 0 aliphatic heterocycles. The summed E-state index contributed by atoms with van der Waals surface area (Å²) in [5, 5.41) is 11.1. The van der Waals surface area contributed by atoms with E-state index in [0.29, 0.717) is 5.56 Å². The lowest BCUT2D eigenvalue weighted by Crippen LogP contribution is -2.51. The van der Waals surface area contributed by atoms with E-state index in [1.807, 2.05) is 0 Å². The lowest BCUT2D eigenvalue weighted by Gasteiger charge is -2.28. The largest absolute Gasteiger partial charge is 0.481 e. The van der Waals surface area contributed by atoms with Crippen molar-refractivity contribution in [3.63, 3.8) is 0 Å². The second-order valence-corrected chi connectivity index (χ2v) is 9.03. The van der Waals surface area contributed by atoms with Gasteiger partial charge < -0.3 is 15.2 Å². The van der Waals surface area contributed by atoms with Crippen LogP contribution in [0.1, 0.15) is 32.8 Å². The molecule has 1 aromatic carbocycles. The molecule has 0 heterocycles. The number of benzene rings is 1. The third kappa shape index (κ3) is 6.13. The van der Waals surface area contributed by atoms with Gasteiger partial charge in [-0.1, -0.05) is 12.1 Å². The summed E-state index contributed by atoms with van der Waals surface area (Å²) >= 11 is 0. The van der Waals surface area contributed by atoms with Crippen LogP contribution in [-0.4, -0.2) is 49.9 Å². The Bertz CT molecular complexity index is 711. The van der Waals surface area contributed by atoms with Gasteiger partial charge in [-0.2, -0.15) is 0 Å². The predicted octanol–water partition coefficient (Wildman–Crippen LogP) is 1.41. The average Bonchev–Trinajstić information content (AvgIpc) is 2.46. The molecule has 7 nitrogen and oxygen atoms in total. The van der Waals surface area contributed by atoms with Crippen LogP contribution in [0.25, 0.3) is 0 Å². The summed E-state index contributed by atoms with van der Waals surface area (Å²) in [6.45, 7) is 4.88. The Morgan fingerprint density at radius 3 is 2.24 bits per heavy atom. The van der Waals surface area contributed by atoms with Crippen LogP contribution in [0.15, 0.2) is 29.2 Å². The number of hydrogen-bond acceptors (Lipinski definition) is 5. The van der Waals surface area contributed by atoms with Gasteiger partial charge in [0.1, 0.15) is 0 Å². The van der Waals surface area contributed by atoms with Gasteiger partial charge in [0.25, 0.3) is 0 Å². The smallest absolute Gasteiger partial charge is 0.305 e. The van der Waals surface area contributed by atoms with E-state index in [4.69, 9.17) is 9.84 Å². The fourth-order valence-electron chi connectivity index (χ4n) is 2.42. The molecule has 1 aromatic rings. The topological polar surface area (TPSA) is 110 Å². The Labute approximate surface area is 148 Å². The van der Waals surface area contributed by atoms with E-state index in [2.05, 4.69) is 5.32 Å².